The Balaban J connectivity index is 1.32. The average molecular weight is 367 g/mol. The first-order valence-corrected chi connectivity index (χ1v) is 10.6. The van der Waals surface area contributed by atoms with Gasteiger partial charge in [0.25, 0.3) is 5.91 Å². The van der Waals surface area contributed by atoms with E-state index in [9.17, 15) is 9.59 Å². The van der Waals surface area contributed by atoms with Gasteiger partial charge in [-0.2, -0.15) is 0 Å². The zero-order valence-corrected chi connectivity index (χ0v) is 15.8. The maximum absolute atomic E-state index is 13.0. The molecule has 6 rings (SSSR count). The molecule has 4 fully saturated rings. The number of amides is 2. The lowest BCUT2D eigenvalue weighted by atomic mass is 9.58. The van der Waals surface area contributed by atoms with Crippen LogP contribution in [0.25, 0.3) is 0 Å². The van der Waals surface area contributed by atoms with E-state index in [0.717, 1.165) is 49.8 Å². The molecule has 0 aromatic heterocycles. The van der Waals surface area contributed by atoms with E-state index < -0.39 is 0 Å². The number of nitrogens with one attached hydrogen (secondary N) is 3. The van der Waals surface area contributed by atoms with Gasteiger partial charge in [0.05, 0.1) is 5.56 Å². The van der Waals surface area contributed by atoms with Crippen LogP contribution in [0.5, 0.6) is 0 Å². The van der Waals surface area contributed by atoms with E-state index in [4.69, 9.17) is 0 Å². The highest BCUT2D eigenvalue weighted by Gasteiger charge is 2.55. The average Bonchev–Trinajstić information content (AvgIpc) is 2.69. The van der Waals surface area contributed by atoms with Gasteiger partial charge in [-0.15, -0.1) is 0 Å². The van der Waals surface area contributed by atoms with Crippen molar-refractivity contribution in [3.8, 4) is 0 Å². The summed E-state index contributed by atoms with van der Waals surface area (Å²) in [5, 5.41) is 10.3. The molecule has 4 atom stereocenters. The van der Waals surface area contributed by atoms with Crippen LogP contribution in [-0.4, -0.2) is 23.5 Å². The van der Waals surface area contributed by atoms with Gasteiger partial charge in [-0.25, -0.2) is 0 Å². The Kier molecular flexibility index (Phi) is 4.14. The molecule has 0 radical (unpaired) electrons. The van der Waals surface area contributed by atoms with Crippen LogP contribution in [0.3, 0.4) is 0 Å². The first-order valence-electron chi connectivity index (χ1n) is 10.6. The molecule has 27 heavy (non-hydrogen) atoms. The van der Waals surface area contributed by atoms with Gasteiger partial charge in [0.15, 0.2) is 0 Å². The Hall–Kier alpha value is -2.04. The topological polar surface area (TPSA) is 70.2 Å². The molecule has 2 bridgehead atoms. The maximum Gasteiger partial charge on any atom is 0.255 e. The molecular weight excluding hydrogens is 338 g/mol. The van der Waals surface area contributed by atoms with Crippen molar-refractivity contribution >= 4 is 17.5 Å². The van der Waals surface area contributed by atoms with Crippen molar-refractivity contribution < 1.29 is 9.59 Å². The molecule has 1 heterocycles. The minimum absolute atomic E-state index is 0.0140. The third-order valence-corrected chi connectivity index (χ3v) is 7.43. The predicted octanol–water partition coefficient (Wildman–Crippen LogP) is 3.42. The molecule has 1 aliphatic heterocycles. The minimum Gasteiger partial charge on any atom is -0.362 e. The summed E-state index contributed by atoms with van der Waals surface area (Å²) in [7, 11) is 0. The molecule has 1 aromatic rings. The molecule has 2 amide bonds. The number of para-hydroxylation sites is 1. The van der Waals surface area contributed by atoms with Crippen LogP contribution in [0.2, 0.25) is 0 Å². The van der Waals surface area contributed by atoms with Crippen molar-refractivity contribution in [2.75, 3.05) is 5.32 Å². The molecule has 3 unspecified atom stereocenters. The van der Waals surface area contributed by atoms with Crippen LogP contribution in [-0.2, 0) is 4.79 Å². The van der Waals surface area contributed by atoms with Gasteiger partial charge in [0.2, 0.25) is 5.91 Å². The highest BCUT2D eigenvalue weighted by molar-refractivity contribution is 6.02. The summed E-state index contributed by atoms with van der Waals surface area (Å²) in [5.74, 6) is 1.03. The SMILES string of the molecule is O=C1N[C@@]2(CC3CCC2CC3C(=O)NC2CCCCC2)Nc2ccccc21. The first kappa shape index (κ1) is 17.1. The van der Waals surface area contributed by atoms with Crippen LogP contribution >= 0.6 is 0 Å². The summed E-state index contributed by atoms with van der Waals surface area (Å²) in [6, 6.07) is 8.10. The van der Waals surface area contributed by atoms with E-state index in [1.165, 1.54) is 19.3 Å². The largest absolute Gasteiger partial charge is 0.362 e. The Morgan fingerprint density at radius 1 is 1.04 bits per heavy atom. The second kappa shape index (κ2) is 6.54. The summed E-state index contributed by atoms with van der Waals surface area (Å²) < 4.78 is 0. The van der Waals surface area contributed by atoms with E-state index in [1.54, 1.807) is 0 Å². The van der Waals surface area contributed by atoms with Crippen LogP contribution in [0.4, 0.5) is 5.69 Å². The van der Waals surface area contributed by atoms with Crippen molar-refractivity contribution in [3.63, 3.8) is 0 Å². The van der Waals surface area contributed by atoms with Gasteiger partial charge < -0.3 is 16.0 Å². The molecule has 1 aromatic carbocycles. The Labute approximate surface area is 160 Å². The molecule has 5 heteroatoms. The van der Waals surface area contributed by atoms with Crippen LogP contribution in [0.15, 0.2) is 24.3 Å². The van der Waals surface area contributed by atoms with E-state index in [-0.39, 0.29) is 23.4 Å². The summed E-state index contributed by atoms with van der Waals surface area (Å²) in [6.07, 6.45) is 9.92. The van der Waals surface area contributed by atoms with Crippen molar-refractivity contribution in [1.82, 2.24) is 10.6 Å². The lowest BCUT2D eigenvalue weighted by molar-refractivity contribution is -0.133. The Bertz CT molecular complexity index is 758. The predicted molar refractivity (Wildman–Crippen MR) is 104 cm³/mol. The van der Waals surface area contributed by atoms with Gasteiger partial charge in [-0.1, -0.05) is 31.4 Å². The lowest BCUT2D eigenvalue weighted by Gasteiger charge is -2.56. The highest BCUT2D eigenvalue weighted by Crippen LogP contribution is 2.51. The van der Waals surface area contributed by atoms with Gasteiger partial charge in [-0.05, 0) is 56.6 Å². The van der Waals surface area contributed by atoms with Crippen molar-refractivity contribution in [3.05, 3.63) is 29.8 Å². The second-order valence-electron chi connectivity index (χ2n) is 9.02. The Morgan fingerprint density at radius 2 is 1.85 bits per heavy atom. The normalized spacial score (nSPS) is 35.3. The number of benzene rings is 1. The molecule has 0 saturated heterocycles. The van der Waals surface area contributed by atoms with Crippen LogP contribution < -0.4 is 16.0 Å². The molecule has 4 aliphatic carbocycles. The maximum atomic E-state index is 13.0. The van der Waals surface area contributed by atoms with Gasteiger partial charge in [0, 0.05) is 23.6 Å². The summed E-state index contributed by atoms with van der Waals surface area (Å²) in [4.78, 5) is 25.7. The fourth-order valence-electron chi connectivity index (χ4n) is 6.02. The summed E-state index contributed by atoms with van der Waals surface area (Å²) in [6.45, 7) is 0. The zero-order valence-electron chi connectivity index (χ0n) is 15.8. The van der Waals surface area contributed by atoms with Crippen molar-refractivity contribution in [2.24, 2.45) is 17.8 Å². The summed E-state index contributed by atoms with van der Waals surface area (Å²) >= 11 is 0. The molecule has 144 valence electrons. The number of anilines is 1. The number of fused-ring (bicyclic) bond motifs is 3. The number of hydrogen-bond donors (Lipinski definition) is 3. The fourth-order valence-corrected chi connectivity index (χ4v) is 6.02. The van der Waals surface area contributed by atoms with E-state index >= 15 is 0 Å². The molecule has 5 nitrogen and oxygen atoms in total. The van der Waals surface area contributed by atoms with E-state index in [1.807, 2.05) is 24.3 Å². The number of hydrogen-bond acceptors (Lipinski definition) is 3. The zero-order chi connectivity index (χ0) is 18.4. The second-order valence-corrected chi connectivity index (χ2v) is 9.02. The number of rotatable bonds is 2. The van der Waals surface area contributed by atoms with E-state index in [0.29, 0.717) is 17.9 Å². The Morgan fingerprint density at radius 3 is 2.63 bits per heavy atom. The molecule has 4 saturated carbocycles. The van der Waals surface area contributed by atoms with Gasteiger partial charge in [0.1, 0.15) is 5.66 Å². The fraction of sp³-hybridized carbons (Fsp3) is 0.636. The quantitative estimate of drug-likeness (QED) is 0.750. The van der Waals surface area contributed by atoms with Crippen molar-refractivity contribution in [2.45, 2.75) is 69.5 Å². The number of carbonyl (C=O) groups is 2. The molecular formula is C22H29N3O2. The molecule has 1 spiro atoms. The van der Waals surface area contributed by atoms with Crippen LogP contribution in [0.1, 0.15) is 68.1 Å². The third kappa shape index (κ3) is 2.91. The number of carbonyl (C=O) groups excluding carboxylic acids is 2. The minimum atomic E-state index is -0.379. The van der Waals surface area contributed by atoms with Crippen LogP contribution in [0, 0.1) is 17.8 Å². The van der Waals surface area contributed by atoms with E-state index in [2.05, 4.69) is 16.0 Å². The van der Waals surface area contributed by atoms with Gasteiger partial charge >= 0.3 is 0 Å². The molecule has 5 aliphatic rings. The summed E-state index contributed by atoms with van der Waals surface area (Å²) in [5.41, 5.74) is 1.27. The van der Waals surface area contributed by atoms with Crippen molar-refractivity contribution in [1.29, 1.82) is 0 Å². The van der Waals surface area contributed by atoms with Gasteiger partial charge in [-0.3, -0.25) is 9.59 Å². The molecule has 3 N–H and O–H groups in total. The highest BCUT2D eigenvalue weighted by atomic mass is 16.2. The first-order chi connectivity index (χ1) is 13.1. The monoisotopic (exact) mass is 367 g/mol. The third-order valence-electron chi connectivity index (χ3n) is 7.43. The standard InChI is InChI=1S/C22H29N3O2/c26-20(23-16-6-2-1-3-7-16)18-12-15-11-10-14(18)13-22(15)24-19-9-5-4-8-17(19)21(27)25-22/h4-5,8-9,14-16,18,24H,1-3,6-7,10-13H2,(H,23,26)(H,25,27)/t14?,15?,18?,22-/m1/s1. The lowest BCUT2D eigenvalue weighted by Crippen LogP contribution is -2.68. The smallest absolute Gasteiger partial charge is 0.255 e.